The molecule has 0 spiro atoms. The van der Waals surface area contributed by atoms with E-state index in [0.717, 1.165) is 6.42 Å². The molecule has 0 radical (unpaired) electrons. The molecule has 3 fully saturated rings. The van der Waals surface area contributed by atoms with Gasteiger partial charge in [-0.1, -0.05) is 60.0 Å². The fourth-order valence-corrected chi connectivity index (χ4v) is 8.92. The molecule has 0 bridgehead atoms. The van der Waals surface area contributed by atoms with Crippen LogP contribution < -0.4 is 21.3 Å². The molecule has 5 amide bonds. The Balaban J connectivity index is 1.88. The van der Waals surface area contributed by atoms with Crippen molar-refractivity contribution >= 4 is 39.4 Å². The zero-order chi connectivity index (χ0) is 39.0. The largest absolute Gasteiger partial charge is 0.389 e. The number of piperidine rings is 1. The Kier molecular flexibility index (Phi) is 12.5. The van der Waals surface area contributed by atoms with E-state index in [1.165, 1.54) is 11.0 Å². The van der Waals surface area contributed by atoms with Crippen LogP contribution in [-0.4, -0.2) is 96.3 Å². The Labute approximate surface area is 299 Å². The summed E-state index contributed by atoms with van der Waals surface area (Å²) in [4.78, 5) is 68.7. The normalized spacial score (nSPS) is 24.0. The summed E-state index contributed by atoms with van der Waals surface area (Å²) in [6.45, 7) is 17.2. The molecule has 1 saturated heterocycles. The number of nitrogens with one attached hydrogen (secondary N) is 4. The van der Waals surface area contributed by atoms with Gasteiger partial charge in [-0.2, -0.15) is 13.2 Å². The van der Waals surface area contributed by atoms with Crippen LogP contribution in [0, 0.1) is 22.7 Å². The molecule has 2 aliphatic carbocycles. The van der Waals surface area contributed by atoms with E-state index in [-0.39, 0.29) is 24.8 Å². The second-order valence-electron chi connectivity index (χ2n) is 17.1. The summed E-state index contributed by atoms with van der Waals surface area (Å²) in [6.07, 6.45) is -2.50. The Morgan fingerprint density at radius 1 is 0.961 bits per heavy atom. The predicted molar refractivity (Wildman–Crippen MR) is 186 cm³/mol. The minimum absolute atomic E-state index is 0.115. The number of urea groups is 1. The molecule has 4 N–H and O–H groups in total. The van der Waals surface area contributed by atoms with E-state index < -0.39 is 104 Å². The maximum atomic E-state index is 14.4. The third-order valence-corrected chi connectivity index (χ3v) is 13.5. The van der Waals surface area contributed by atoms with Crippen molar-refractivity contribution in [2.75, 3.05) is 18.8 Å². The first-order valence-electron chi connectivity index (χ1n) is 17.6. The highest BCUT2D eigenvalue weighted by atomic mass is 32.2. The van der Waals surface area contributed by atoms with Gasteiger partial charge in [0, 0.05) is 19.5 Å². The van der Waals surface area contributed by atoms with E-state index >= 15 is 0 Å². The van der Waals surface area contributed by atoms with Crippen molar-refractivity contribution in [3.63, 3.8) is 0 Å². The van der Waals surface area contributed by atoms with Crippen molar-refractivity contribution in [3.05, 3.63) is 12.7 Å². The first kappa shape index (κ1) is 42.2. The van der Waals surface area contributed by atoms with Crippen LogP contribution in [0.2, 0.25) is 0 Å². The number of amides is 5. The molecule has 16 heteroatoms. The maximum Gasteiger partial charge on any atom is 0.389 e. The highest BCUT2D eigenvalue weighted by molar-refractivity contribution is 7.92. The van der Waals surface area contributed by atoms with E-state index in [9.17, 15) is 45.6 Å². The number of rotatable bonds is 13. The number of halogens is 3. The topological polar surface area (TPSA) is 171 Å². The predicted octanol–water partition coefficient (Wildman–Crippen LogP) is 3.80. The van der Waals surface area contributed by atoms with Gasteiger partial charge in [-0.05, 0) is 62.7 Å². The summed E-state index contributed by atoms with van der Waals surface area (Å²) < 4.78 is 65.1. The number of carbonyl (C=O) groups excluding carboxylic acids is 5. The smallest absolute Gasteiger partial charge is 0.346 e. The highest BCUT2D eigenvalue weighted by Crippen LogP contribution is 2.65. The van der Waals surface area contributed by atoms with Crippen molar-refractivity contribution in [1.82, 2.24) is 26.2 Å². The monoisotopic (exact) mass is 747 g/mol. The quantitative estimate of drug-likeness (QED) is 0.164. The number of likely N-dealkylation sites (tertiary alicyclic amines) is 1. The van der Waals surface area contributed by atoms with E-state index in [4.69, 9.17) is 0 Å². The Morgan fingerprint density at radius 3 is 2.06 bits per heavy atom. The number of hydrogen-bond acceptors (Lipinski definition) is 7. The number of Topliss-reactive ketones (excluding diaryl/α,β-unsaturated/α-hetero) is 1. The van der Waals surface area contributed by atoms with Crippen LogP contribution in [0.3, 0.4) is 0 Å². The molecule has 51 heavy (non-hydrogen) atoms. The molecular weight excluding hydrogens is 691 g/mol. The first-order chi connectivity index (χ1) is 23.2. The molecule has 290 valence electrons. The molecule has 1 aliphatic heterocycles. The van der Waals surface area contributed by atoms with E-state index in [1.807, 2.05) is 13.8 Å². The number of nitrogens with zero attached hydrogens (tertiary/aromatic N) is 1. The molecule has 12 nitrogen and oxygen atoms in total. The number of hydrogen-bond donors (Lipinski definition) is 4. The van der Waals surface area contributed by atoms with Gasteiger partial charge in [-0.15, -0.1) is 6.58 Å². The van der Waals surface area contributed by atoms with Crippen LogP contribution in [0.25, 0.3) is 0 Å². The number of ketones is 1. The molecule has 3 aliphatic rings. The minimum Gasteiger partial charge on any atom is -0.346 e. The number of carbonyl (C=O) groups is 5. The van der Waals surface area contributed by atoms with Gasteiger partial charge in [0.15, 0.2) is 9.84 Å². The van der Waals surface area contributed by atoms with Gasteiger partial charge >= 0.3 is 12.2 Å². The van der Waals surface area contributed by atoms with Gasteiger partial charge < -0.3 is 26.2 Å². The number of alkyl halides is 3. The van der Waals surface area contributed by atoms with Crippen molar-refractivity contribution in [2.45, 2.75) is 135 Å². The molecule has 5 atom stereocenters. The summed E-state index contributed by atoms with van der Waals surface area (Å²) >= 11 is 0. The van der Waals surface area contributed by atoms with E-state index in [0.29, 0.717) is 25.7 Å². The second kappa shape index (κ2) is 15.1. The van der Waals surface area contributed by atoms with Gasteiger partial charge in [0.2, 0.25) is 17.6 Å². The van der Waals surface area contributed by atoms with Crippen LogP contribution in [0.5, 0.6) is 0 Å². The Bertz CT molecular complexity index is 1480. The van der Waals surface area contributed by atoms with Crippen LogP contribution >= 0.6 is 0 Å². The van der Waals surface area contributed by atoms with Gasteiger partial charge in [0.1, 0.15) is 12.1 Å². The molecule has 1 heterocycles. The molecule has 3 rings (SSSR count). The fraction of sp³-hybridized carbons (Fsp3) is 0.800. The maximum absolute atomic E-state index is 14.4. The molecule has 1 unspecified atom stereocenters. The molecule has 0 aromatic rings. The van der Waals surface area contributed by atoms with Crippen LogP contribution in [0.15, 0.2) is 12.7 Å². The summed E-state index contributed by atoms with van der Waals surface area (Å²) in [6, 6.07) is -4.92. The lowest BCUT2D eigenvalue weighted by molar-refractivity contribution is -0.148. The highest BCUT2D eigenvalue weighted by Gasteiger charge is 2.70. The lowest BCUT2D eigenvalue weighted by Gasteiger charge is -2.41. The molecule has 0 aromatic carbocycles. The van der Waals surface area contributed by atoms with Gasteiger partial charge in [0.25, 0.3) is 5.91 Å². The molecular formula is C35H56F3N5O7S. The van der Waals surface area contributed by atoms with Crippen LogP contribution in [-0.2, 0) is 29.0 Å². The Morgan fingerprint density at radius 2 is 1.55 bits per heavy atom. The zero-order valence-electron chi connectivity index (χ0n) is 31.1. The van der Waals surface area contributed by atoms with Crippen molar-refractivity contribution < 1.29 is 45.6 Å². The summed E-state index contributed by atoms with van der Waals surface area (Å²) in [7, 11) is -3.63. The minimum atomic E-state index is -4.67. The van der Waals surface area contributed by atoms with Crippen molar-refractivity contribution in [1.29, 1.82) is 0 Å². The lowest BCUT2D eigenvalue weighted by atomic mass is 9.83. The summed E-state index contributed by atoms with van der Waals surface area (Å²) in [5, 5.41) is 10.3. The number of fused-ring (bicyclic) bond motifs is 1. The molecule has 2 saturated carbocycles. The third kappa shape index (κ3) is 10.0. The summed E-state index contributed by atoms with van der Waals surface area (Å²) in [5.74, 6) is -4.71. The van der Waals surface area contributed by atoms with Gasteiger partial charge in [0.05, 0.1) is 22.1 Å². The van der Waals surface area contributed by atoms with Crippen LogP contribution in [0.4, 0.5) is 18.0 Å². The average Bonchev–Trinajstić information content (AvgIpc) is 3.30. The second-order valence-corrected chi connectivity index (χ2v) is 19.8. The zero-order valence-corrected chi connectivity index (χ0v) is 31.9. The van der Waals surface area contributed by atoms with Gasteiger partial charge in [-0.3, -0.25) is 19.2 Å². The third-order valence-electron chi connectivity index (χ3n) is 10.7. The van der Waals surface area contributed by atoms with Crippen molar-refractivity contribution in [3.8, 4) is 0 Å². The van der Waals surface area contributed by atoms with Crippen LogP contribution in [0.1, 0.15) is 100 Å². The lowest BCUT2D eigenvalue weighted by Crippen LogP contribution is -2.64. The van der Waals surface area contributed by atoms with Gasteiger partial charge in [-0.25, -0.2) is 13.2 Å². The SMILES string of the molecule is C=CCNC(=O)C(=O)C(CCC(F)(F)F)NC(=O)[C@@H]1[C@@H]2[C@H](CN1C(=O)[C@@H](NC(=O)NC1(CS(=O)(=O)C(C)(C)C)CCCCC1)C(C)(C)C)C2(C)C. The standard InChI is InChI=1S/C35H56F3N5O7S/c1-10-18-39-28(46)25(44)22(14-17-35(36,37)38)40-27(45)24-23-21(33(23,8)9)19-43(24)29(47)26(31(2,3)4)41-30(48)42-34(15-12-11-13-16-34)20-51(49,50)32(5,6)7/h10,21-24,26H,1,11-20H2,2-9H3,(H,39,46)(H,40,45)(H2,41,42,48)/t21-,22?,23-,24-,26+/m0/s1. The summed E-state index contributed by atoms with van der Waals surface area (Å²) in [5.41, 5.74) is -2.35. The fourth-order valence-electron chi connectivity index (χ4n) is 7.39. The van der Waals surface area contributed by atoms with Crippen molar-refractivity contribution in [2.24, 2.45) is 22.7 Å². The van der Waals surface area contributed by atoms with E-state index in [2.05, 4.69) is 27.8 Å². The van der Waals surface area contributed by atoms with E-state index in [1.54, 1.807) is 41.5 Å². The number of sulfone groups is 1. The Hall–Kier alpha value is -3.17. The average molecular weight is 748 g/mol. The molecule has 0 aromatic heterocycles. The first-order valence-corrected chi connectivity index (χ1v) is 19.2.